The first kappa shape index (κ1) is 15.9. The highest BCUT2D eigenvalue weighted by molar-refractivity contribution is 5.97. The van der Waals surface area contributed by atoms with E-state index in [1.54, 1.807) is 13.8 Å². The number of halogens is 1. The van der Waals surface area contributed by atoms with Gasteiger partial charge >= 0.3 is 5.97 Å². The van der Waals surface area contributed by atoms with Gasteiger partial charge in [0.2, 0.25) is 0 Å². The van der Waals surface area contributed by atoms with E-state index in [-0.39, 0.29) is 12.1 Å². The van der Waals surface area contributed by atoms with Crippen LogP contribution in [-0.2, 0) is 4.79 Å². The Bertz CT molecular complexity index is 512. The first-order chi connectivity index (χ1) is 9.36. The summed E-state index contributed by atoms with van der Waals surface area (Å²) < 4.78 is 12.8. The fraction of sp³-hybridized carbons (Fsp3) is 0.429. The molecule has 0 spiro atoms. The van der Waals surface area contributed by atoms with Crippen LogP contribution in [0.4, 0.5) is 4.39 Å². The van der Waals surface area contributed by atoms with Crippen molar-refractivity contribution in [3.05, 3.63) is 29.6 Å². The fourth-order valence-corrected chi connectivity index (χ4v) is 1.92. The van der Waals surface area contributed by atoms with Crippen LogP contribution in [0.15, 0.2) is 18.2 Å². The number of carboxylic acids is 1. The second-order valence-corrected chi connectivity index (χ2v) is 4.64. The van der Waals surface area contributed by atoms with Crippen molar-refractivity contribution in [1.29, 1.82) is 0 Å². The number of amides is 1. The number of benzene rings is 1. The molecule has 0 saturated carbocycles. The Kier molecular flexibility index (Phi) is 5.07. The van der Waals surface area contributed by atoms with Crippen molar-refractivity contribution >= 4 is 11.9 Å². The predicted molar refractivity (Wildman–Crippen MR) is 71.0 cm³/mol. The first-order valence-corrected chi connectivity index (χ1v) is 6.36. The van der Waals surface area contributed by atoms with Crippen LogP contribution in [-0.4, -0.2) is 28.6 Å². The van der Waals surface area contributed by atoms with Crippen molar-refractivity contribution in [2.24, 2.45) is 5.41 Å². The largest absolute Gasteiger partial charge is 0.507 e. The number of hydrogen-bond donors (Lipinski definition) is 3. The van der Waals surface area contributed by atoms with Crippen molar-refractivity contribution in [1.82, 2.24) is 5.32 Å². The minimum absolute atomic E-state index is 0.0506. The molecule has 110 valence electrons. The Morgan fingerprint density at radius 3 is 2.35 bits per heavy atom. The smallest absolute Gasteiger partial charge is 0.311 e. The summed E-state index contributed by atoms with van der Waals surface area (Å²) in [5.74, 6) is -2.74. The molecule has 20 heavy (non-hydrogen) atoms. The molecular formula is C14H18FNO4. The number of nitrogens with one attached hydrogen (secondary N) is 1. The van der Waals surface area contributed by atoms with Crippen LogP contribution in [0.25, 0.3) is 0 Å². The number of phenols is 1. The van der Waals surface area contributed by atoms with Gasteiger partial charge in [0.15, 0.2) is 0 Å². The lowest BCUT2D eigenvalue weighted by Crippen LogP contribution is -2.42. The van der Waals surface area contributed by atoms with Gasteiger partial charge in [-0.2, -0.15) is 0 Å². The molecule has 5 nitrogen and oxygen atoms in total. The summed E-state index contributed by atoms with van der Waals surface area (Å²) in [7, 11) is 0. The summed E-state index contributed by atoms with van der Waals surface area (Å²) in [6.45, 7) is 3.42. The van der Waals surface area contributed by atoms with E-state index in [1.807, 2.05) is 0 Å². The maximum atomic E-state index is 12.8. The van der Waals surface area contributed by atoms with Gasteiger partial charge in [-0.25, -0.2) is 4.39 Å². The molecule has 1 aromatic carbocycles. The number of phenolic OH excluding ortho intramolecular Hbond substituents is 1. The highest BCUT2D eigenvalue weighted by Gasteiger charge is 2.35. The molecule has 0 aliphatic rings. The van der Waals surface area contributed by atoms with Crippen LogP contribution in [0.2, 0.25) is 0 Å². The van der Waals surface area contributed by atoms with E-state index in [0.717, 1.165) is 18.2 Å². The van der Waals surface area contributed by atoms with Gasteiger partial charge in [0, 0.05) is 12.6 Å². The van der Waals surface area contributed by atoms with E-state index in [4.69, 9.17) is 0 Å². The number of carbonyl (C=O) groups excluding carboxylic acids is 1. The van der Waals surface area contributed by atoms with Crippen molar-refractivity contribution in [2.75, 3.05) is 6.54 Å². The zero-order valence-electron chi connectivity index (χ0n) is 11.4. The van der Waals surface area contributed by atoms with Crippen LogP contribution in [0.3, 0.4) is 0 Å². The summed E-state index contributed by atoms with van der Waals surface area (Å²) >= 11 is 0. The molecule has 0 saturated heterocycles. The number of carboxylic acid groups (broad SMARTS) is 1. The molecule has 0 aliphatic carbocycles. The maximum absolute atomic E-state index is 12.8. The van der Waals surface area contributed by atoms with E-state index in [1.165, 1.54) is 0 Å². The van der Waals surface area contributed by atoms with Crippen LogP contribution < -0.4 is 5.32 Å². The van der Waals surface area contributed by atoms with Gasteiger partial charge in [-0.05, 0) is 25.0 Å². The summed E-state index contributed by atoms with van der Waals surface area (Å²) in [5, 5.41) is 21.2. The Morgan fingerprint density at radius 2 is 1.90 bits per heavy atom. The Hall–Kier alpha value is -2.11. The lowest BCUT2D eigenvalue weighted by molar-refractivity contribution is -0.149. The van der Waals surface area contributed by atoms with E-state index in [9.17, 15) is 24.2 Å². The molecule has 1 amide bonds. The number of aliphatic carboxylic acids is 1. The van der Waals surface area contributed by atoms with Crippen LogP contribution in [0, 0.1) is 11.2 Å². The molecule has 0 unspecified atom stereocenters. The molecule has 0 bridgehead atoms. The lowest BCUT2D eigenvalue weighted by atomic mass is 9.82. The van der Waals surface area contributed by atoms with Gasteiger partial charge in [-0.1, -0.05) is 13.8 Å². The van der Waals surface area contributed by atoms with E-state index in [2.05, 4.69) is 5.32 Å². The fourth-order valence-electron chi connectivity index (χ4n) is 1.92. The number of aromatic hydroxyl groups is 1. The summed E-state index contributed by atoms with van der Waals surface area (Å²) in [6, 6.07) is 3.04. The normalized spacial score (nSPS) is 11.2. The second kappa shape index (κ2) is 6.36. The predicted octanol–water partition coefficient (Wildman–Crippen LogP) is 2.15. The van der Waals surface area contributed by atoms with Gasteiger partial charge in [0.05, 0.1) is 11.0 Å². The average molecular weight is 283 g/mol. The first-order valence-electron chi connectivity index (χ1n) is 6.36. The number of hydrogen-bond acceptors (Lipinski definition) is 3. The zero-order chi connectivity index (χ0) is 15.3. The van der Waals surface area contributed by atoms with Crippen molar-refractivity contribution in [2.45, 2.75) is 26.7 Å². The molecule has 3 N–H and O–H groups in total. The third-order valence-corrected chi connectivity index (χ3v) is 3.60. The third kappa shape index (κ3) is 3.26. The van der Waals surface area contributed by atoms with Crippen LogP contribution >= 0.6 is 0 Å². The molecule has 1 aromatic rings. The Labute approximate surface area is 116 Å². The van der Waals surface area contributed by atoms with Crippen molar-refractivity contribution in [3.63, 3.8) is 0 Å². The zero-order valence-corrected chi connectivity index (χ0v) is 11.4. The molecular weight excluding hydrogens is 265 g/mol. The molecule has 0 aliphatic heterocycles. The molecule has 0 atom stereocenters. The van der Waals surface area contributed by atoms with E-state index in [0.29, 0.717) is 12.8 Å². The Morgan fingerprint density at radius 1 is 1.30 bits per heavy atom. The minimum Gasteiger partial charge on any atom is -0.507 e. The number of carbonyl (C=O) groups is 2. The molecule has 0 heterocycles. The van der Waals surface area contributed by atoms with Gasteiger partial charge in [0.25, 0.3) is 5.91 Å². The molecule has 0 fully saturated rings. The van der Waals surface area contributed by atoms with E-state index < -0.39 is 28.9 Å². The number of rotatable bonds is 6. The highest BCUT2D eigenvalue weighted by Crippen LogP contribution is 2.26. The maximum Gasteiger partial charge on any atom is 0.311 e. The minimum atomic E-state index is -1.04. The summed E-state index contributed by atoms with van der Waals surface area (Å²) in [5.41, 5.74) is -1.12. The quantitative estimate of drug-likeness (QED) is 0.746. The molecule has 0 aromatic heterocycles. The van der Waals surface area contributed by atoms with Crippen LogP contribution in [0.1, 0.15) is 37.0 Å². The monoisotopic (exact) mass is 283 g/mol. The van der Waals surface area contributed by atoms with E-state index >= 15 is 0 Å². The molecule has 6 heteroatoms. The van der Waals surface area contributed by atoms with Gasteiger partial charge < -0.3 is 15.5 Å². The third-order valence-electron chi connectivity index (χ3n) is 3.60. The molecule has 1 rings (SSSR count). The SMILES string of the molecule is CCC(CC)(CNC(=O)c1ccc(F)cc1O)C(=O)O. The second-order valence-electron chi connectivity index (χ2n) is 4.64. The average Bonchev–Trinajstić information content (AvgIpc) is 2.39. The van der Waals surface area contributed by atoms with Gasteiger partial charge in [-0.3, -0.25) is 9.59 Å². The standard InChI is InChI=1S/C14H18FNO4/c1-3-14(4-2,13(19)20)8-16-12(18)10-6-5-9(15)7-11(10)17/h5-7,17H,3-4,8H2,1-2H3,(H,16,18)(H,19,20). The summed E-state index contributed by atoms with van der Waals surface area (Å²) in [6.07, 6.45) is 0.739. The van der Waals surface area contributed by atoms with Gasteiger partial charge in [0.1, 0.15) is 11.6 Å². The van der Waals surface area contributed by atoms with Crippen molar-refractivity contribution < 1.29 is 24.2 Å². The van der Waals surface area contributed by atoms with Crippen LogP contribution in [0.5, 0.6) is 5.75 Å². The highest BCUT2D eigenvalue weighted by atomic mass is 19.1. The Balaban J connectivity index is 2.83. The lowest BCUT2D eigenvalue weighted by Gasteiger charge is -2.26. The topological polar surface area (TPSA) is 86.6 Å². The summed E-state index contributed by atoms with van der Waals surface area (Å²) in [4.78, 5) is 23.2. The van der Waals surface area contributed by atoms with Gasteiger partial charge in [-0.15, -0.1) is 0 Å². The molecule has 0 radical (unpaired) electrons. The van der Waals surface area contributed by atoms with Crippen molar-refractivity contribution in [3.8, 4) is 5.75 Å².